The third kappa shape index (κ3) is 18.5. The highest BCUT2D eigenvalue weighted by Crippen LogP contribution is 2.29. The molecule has 3 aromatic carbocycles. The van der Waals surface area contributed by atoms with E-state index in [1.165, 1.54) is 5.56 Å². The third-order valence-electron chi connectivity index (χ3n) is 7.84. The fourth-order valence-electron chi connectivity index (χ4n) is 5.69. The molecule has 0 spiro atoms. The number of aliphatic hydroxyl groups is 2. The van der Waals surface area contributed by atoms with Gasteiger partial charge in [0.1, 0.15) is 11.5 Å². The van der Waals surface area contributed by atoms with Crippen molar-refractivity contribution in [3.63, 3.8) is 0 Å². The van der Waals surface area contributed by atoms with Gasteiger partial charge < -0.3 is 38.5 Å². The maximum Gasteiger partial charge on any atom is 0.173 e. The first-order chi connectivity index (χ1) is 23.4. The zero-order chi connectivity index (χ0) is 37.9. The van der Waals surface area contributed by atoms with E-state index < -0.39 is 34.7 Å². The van der Waals surface area contributed by atoms with Crippen LogP contribution in [0.1, 0.15) is 40.7 Å². The summed E-state index contributed by atoms with van der Waals surface area (Å²) in [6.45, 7) is 21.4. The molecular formula is C38H64O8Si4. The van der Waals surface area contributed by atoms with Gasteiger partial charge in [-0.2, -0.15) is 0 Å². The Morgan fingerprint density at radius 2 is 1.08 bits per heavy atom. The van der Waals surface area contributed by atoms with Gasteiger partial charge in [0.05, 0.1) is 20.3 Å². The summed E-state index contributed by atoms with van der Waals surface area (Å²) in [6, 6.07) is 18.4. The number of aryl methyl sites for hydroxylation is 2. The summed E-state index contributed by atoms with van der Waals surface area (Å²) in [7, 11) is -3.29. The number of phenolic OH excluding ortho intramolecular Hbond substituents is 1. The predicted octanol–water partition coefficient (Wildman–Crippen LogP) is 8.17. The molecule has 0 bridgehead atoms. The van der Waals surface area contributed by atoms with Crippen molar-refractivity contribution >= 4 is 34.7 Å². The van der Waals surface area contributed by atoms with E-state index in [1.54, 1.807) is 37.5 Å². The van der Waals surface area contributed by atoms with Crippen molar-refractivity contribution in [2.45, 2.75) is 110 Å². The van der Waals surface area contributed by atoms with Gasteiger partial charge in [-0.15, -0.1) is 6.58 Å². The molecule has 50 heavy (non-hydrogen) atoms. The lowest BCUT2D eigenvalue weighted by molar-refractivity contribution is 0.275. The molecular weight excluding hydrogens is 697 g/mol. The fourth-order valence-corrected chi connectivity index (χ4v) is 18.9. The monoisotopic (exact) mass is 760 g/mol. The Labute approximate surface area is 307 Å². The lowest BCUT2D eigenvalue weighted by Crippen LogP contribution is -2.44. The predicted molar refractivity (Wildman–Crippen MR) is 218 cm³/mol. The van der Waals surface area contributed by atoms with Gasteiger partial charge in [-0.25, -0.2) is 0 Å². The summed E-state index contributed by atoms with van der Waals surface area (Å²) in [6.07, 6.45) is 6.53. The third-order valence-corrected chi connectivity index (χ3v) is 19.7. The summed E-state index contributed by atoms with van der Waals surface area (Å²) in [5.74, 6) is 1.00. The molecule has 0 unspecified atom stereocenters. The van der Waals surface area contributed by atoms with Gasteiger partial charge in [-0.05, 0) is 150 Å². The van der Waals surface area contributed by atoms with E-state index in [0.717, 1.165) is 55.3 Å². The number of allylic oxidation sites excluding steroid dienone is 1. The first-order valence-electron chi connectivity index (χ1n) is 17.6. The molecule has 3 aromatic rings. The van der Waals surface area contributed by atoms with Crippen molar-refractivity contribution in [3.05, 3.63) is 95.1 Å². The quantitative estimate of drug-likeness (QED) is 0.0689. The lowest BCUT2D eigenvalue weighted by atomic mass is 10.1. The van der Waals surface area contributed by atoms with Gasteiger partial charge in [-0.3, -0.25) is 0 Å². The fraction of sp³-hybridized carbons (Fsp3) is 0.474. The second kappa shape index (κ2) is 23.0. The van der Waals surface area contributed by atoms with Crippen LogP contribution in [0, 0.1) is 0 Å². The molecule has 0 aliphatic carbocycles. The standard InChI is InChI=1S/C24H38O5Si2.C10H12O2.C4H14OSi2/c1-28-24-17-20(11-13-23(24)27)9-7-15-31(4,5)29-30(2,3)14-6-8-19-10-12-22(26)21(16-19)18-25;1-2-3-8-4-5-10(12)9(6-8)7-11;1-6(2)5-7(3)4/h10-13,16-17,25-27H,6-9,14-15,18H2,1-5H3;2,4-6,11-12H,1,3,7H2;6-7H,1-4H3. The Kier molecular flexibility index (Phi) is 20.8. The largest absolute Gasteiger partial charge is 0.508 e. The van der Waals surface area contributed by atoms with E-state index in [2.05, 4.69) is 59.0 Å². The van der Waals surface area contributed by atoms with Crippen molar-refractivity contribution in [1.29, 1.82) is 0 Å². The van der Waals surface area contributed by atoms with Crippen LogP contribution < -0.4 is 4.74 Å². The van der Waals surface area contributed by atoms with Crippen LogP contribution in [-0.4, -0.2) is 67.4 Å². The van der Waals surface area contributed by atoms with Gasteiger partial charge in [0.25, 0.3) is 0 Å². The molecule has 280 valence electrons. The number of phenols is 3. The Bertz CT molecular complexity index is 1350. The second-order valence-corrected chi connectivity index (χ2v) is 28.4. The Hall–Kier alpha value is -2.69. The summed E-state index contributed by atoms with van der Waals surface area (Å²) in [4.78, 5) is 0. The van der Waals surface area contributed by atoms with Crippen LogP contribution in [0.5, 0.6) is 23.0 Å². The van der Waals surface area contributed by atoms with Crippen molar-refractivity contribution in [2.24, 2.45) is 0 Å². The second-order valence-electron chi connectivity index (χ2n) is 14.3. The topological polar surface area (TPSA) is 129 Å². The number of rotatable bonds is 17. The van der Waals surface area contributed by atoms with E-state index in [9.17, 15) is 20.4 Å². The van der Waals surface area contributed by atoms with Gasteiger partial charge in [0, 0.05) is 11.1 Å². The van der Waals surface area contributed by atoms with Crippen LogP contribution in [0.2, 0.25) is 64.5 Å². The normalized spacial score (nSPS) is 11.5. The van der Waals surface area contributed by atoms with Crippen LogP contribution >= 0.6 is 0 Å². The molecule has 0 saturated carbocycles. The van der Waals surface area contributed by atoms with E-state index in [4.69, 9.17) is 18.1 Å². The molecule has 0 radical (unpaired) electrons. The molecule has 0 atom stereocenters. The molecule has 12 heteroatoms. The van der Waals surface area contributed by atoms with E-state index in [0.29, 0.717) is 16.9 Å². The van der Waals surface area contributed by atoms with Crippen LogP contribution in [0.4, 0.5) is 0 Å². The SMILES string of the molecule is C=CCc1ccc(O)c(CO)c1.COc1cc(CCC[Si](C)(C)O[Si](C)(C)CCCc2ccc(O)c(CO)c2)ccc1O.C[SiH](C)O[SiH](C)C. The highest BCUT2D eigenvalue weighted by molar-refractivity contribution is 6.84. The van der Waals surface area contributed by atoms with E-state index >= 15 is 0 Å². The molecule has 0 aromatic heterocycles. The zero-order valence-electron chi connectivity index (χ0n) is 32.0. The average Bonchev–Trinajstić information content (AvgIpc) is 3.03. The zero-order valence-corrected chi connectivity index (χ0v) is 36.3. The van der Waals surface area contributed by atoms with Crippen molar-refractivity contribution in [1.82, 2.24) is 0 Å². The molecule has 3 rings (SSSR count). The number of methoxy groups -OCH3 is 1. The minimum Gasteiger partial charge on any atom is -0.508 e. The molecule has 8 nitrogen and oxygen atoms in total. The first kappa shape index (κ1) is 45.3. The molecule has 0 aliphatic rings. The highest BCUT2D eigenvalue weighted by atomic mass is 28.4. The van der Waals surface area contributed by atoms with Gasteiger partial charge in [0.2, 0.25) is 0 Å². The lowest BCUT2D eigenvalue weighted by Gasteiger charge is -2.34. The van der Waals surface area contributed by atoms with Crippen molar-refractivity contribution in [2.75, 3.05) is 7.11 Å². The molecule has 0 heterocycles. The minimum atomic E-state index is -1.77. The Morgan fingerprint density at radius 3 is 1.48 bits per heavy atom. The van der Waals surface area contributed by atoms with Gasteiger partial charge >= 0.3 is 0 Å². The van der Waals surface area contributed by atoms with E-state index in [1.807, 2.05) is 30.3 Å². The van der Waals surface area contributed by atoms with Crippen LogP contribution in [0.25, 0.3) is 0 Å². The molecule has 0 aliphatic heterocycles. The number of hydrogen-bond acceptors (Lipinski definition) is 8. The molecule has 0 amide bonds. The van der Waals surface area contributed by atoms with Crippen molar-refractivity contribution < 1.29 is 38.5 Å². The number of ether oxygens (including phenoxy) is 1. The first-order valence-corrected chi connectivity index (χ1v) is 29.4. The average molecular weight is 761 g/mol. The summed E-state index contributed by atoms with van der Waals surface area (Å²) < 4.78 is 17.5. The molecule has 0 fully saturated rings. The molecule has 0 saturated heterocycles. The Balaban J connectivity index is 0.000000535. The highest BCUT2D eigenvalue weighted by Gasteiger charge is 2.32. The maximum absolute atomic E-state index is 9.74. The number of aromatic hydroxyl groups is 3. The minimum absolute atomic E-state index is 0.128. The van der Waals surface area contributed by atoms with Gasteiger partial charge in [0.15, 0.2) is 46.2 Å². The summed E-state index contributed by atoms with van der Waals surface area (Å²) >= 11 is 0. The van der Waals surface area contributed by atoms with Gasteiger partial charge in [-0.1, -0.05) is 24.3 Å². The summed E-state index contributed by atoms with van der Waals surface area (Å²) in [5, 5.41) is 46.8. The molecule has 5 N–H and O–H groups in total. The van der Waals surface area contributed by atoms with Crippen LogP contribution in [0.3, 0.4) is 0 Å². The number of aliphatic hydroxyl groups excluding tert-OH is 2. The Morgan fingerprint density at radius 1 is 0.660 bits per heavy atom. The van der Waals surface area contributed by atoms with Crippen molar-refractivity contribution in [3.8, 4) is 23.0 Å². The summed E-state index contributed by atoms with van der Waals surface area (Å²) in [5.41, 5.74) is 4.52. The smallest absolute Gasteiger partial charge is 0.173 e. The van der Waals surface area contributed by atoms with Crippen LogP contribution in [-0.2, 0) is 40.7 Å². The number of hydrogen-bond donors (Lipinski definition) is 5. The van der Waals surface area contributed by atoms with Crippen LogP contribution in [0.15, 0.2) is 67.3 Å². The number of benzene rings is 3. The van der Waals surface area contributed by atoms with E-state index in [-0.39, 0.29) is 30.5 Å². The maximum atomic E-state index is 9.74.